The highest BCUT2D eigenvalue weighted by molar-refractivity contribution is 4.66. The molecule has 0 aliphatic carbocycles. The molecule has 2 N–H and O–H groups in total. The minimum Gasteiger partial charge on any atom is -0.390 e. The lowest BCUT2D eigenvalue weighted by molar-refractivity contribution is -0.298. The van der Waals surface area contributed by atoms with Crippen molar-refractivity contribution in [3.05, 3.63) is 0 Å². The molecule has 3 heteroatoms. The molecule has 0 spiro atoms. The Morgan fingerprint density at radius 2 is 1.73 bits per heavy atom. The molecule has 2 atom stereocenters. The molecule has 0 aromatic carbocycles. The second kappa shape index (κ2) is 6.58. The third-order valence-electron chi connectivity index (χ3n) is 1.72. The van der Waals surface area contributed by atoms with Crippen LogP contribution in [0.1, 0.15) is 39.5 Å². The maximum Gasteiger partial charge on any atom is 0.118 e. The summed E-state index contributed by atoms with van der Waals surface area (Å²) in [6.45, 7) is 3.98. The second-order valence-electron chi connectivity index (χ2n) is 2.79. The highest BCUT2D eigenvalue weighted by Crippen LogP contribution is 2.10. The quantitative estimate of drug-likeness (QED) is 0.462. The Hall–Kier alpha value is -0.120. The Balaban J connectivity index is 3.61. The van der Waals surface area contributed by atoms with E-state index in [0.717, 1.165) is 12.8 Å². The normalized spacial score (nSPS) is 16.4. The van der Waals surface area contributed by atoms with Crippen molar-refractivity contribution in [2.75, 3.05) is 0 Å². The fraction of sp³-hybridized carbons (Fsp3) is 1.00. The summed E-state index contributed by atoms with van der Waals surface area (Å²) in [5.74, 6) is 0. The number of hydrogen-bond donors (Lipinski definition) is 2. The average molecular weight is 162 g/mol. The molecule has 0 saturated carbocycles. The maximum atomic E-state index is 9.36. The molecule has 0 aliphatic heterocycles. The van der Waals surface area contributed by atoms with Gasteiger partial charge < -0.3 is 5.11 Å². The molecule has 0 rings (SSSR count). The van der Waals surface area contributed by atoms with Crippen molar-refractivity contribution in [1.29, 1.82) is 0 Å². The van der Waals surface area contributed by atoms with Gasteiger partial charge in [0, 0.05) is 0 Å². The van der Waals surface area contributed by atoms with Crippen LogP contribution >= 0.6 is 0 Å². The lowest BCUT2D eigenvalue weighted by atomic mass is 10.1. The number of hydrogen-bond acceptors (Lipinski definition) is 3. The molecular formula is C8H18O3. The Morgan fingerprint density at radius 1 is 1.18 bits per heavy atom. The highest BCUT2D eigenvalue weighted by atomic mass is 17.1. The average Bonchev–Trinajstić information content (AvgIpc) is 2.00. The van der Waals surface area contributed by atoms with E-state index in [9.17, 15) is 5.11 Å². The maximum absolute atomic E-state index is 9.36. The third-order valence-corrected chi connectivity index (χ3v) is 1.72. The van der Waals surface area contributed by atoms with Crippen LogP contribution in [0.25, 0.3) is 0 Å². The second-order valence-corrected chi connectivity index (χ2v) is 2.79. The van der Waals surface area contributed by atoms with E-state index in [0.29, 0.717) is 12.8 Å². The molecule has 0 aromatic heterocycles. The zero-order valence-corrected chi connectivity index (χ0v) is 7.29. The highest BCUT2D eigenvalue weighted by Gasteiger charge is 2.17. The standard InChI is InChI=1S/C8H18O3/c1-3-5-7(9)8(11-10)6-4-2/h7-10H,3-6H2,1-2H3/t7-,8-/m1/s1. The molecule has 0 amide bonds. The van der Waals surface area contributed by atoms with Crippen LogP contribution in [0.4, 0.5) is 0 Å². The van der Waals surface area contributed by atoms with Gasteiger partial charge in [0.15, 0.2) is 0 Å². The van der Waals surface area contributed by atoms with E-state index in [1.165, 1.54) is 0 Å². The van der Waals surface area contributed by atoms with E-state index in [2.05, 4.69) is 4.89 Å². The van der Waals surface area contributed by atoms with Crippen LogP contribution in [0.3, 0.4) is 0 Å². The molecule has 3 nitrogen and oxygen atoms in total. The number of aliphatic hydroxyl groups is 1. The molecule has 0 saturated heterocycles. The summed E-state index contributed by atoms with van der Waals surface area (Å²) in [7, 11) is 0. The summed E-state index contributed by atoms with van der Waals surface area (Å²) in [5, 5.41) is 17.7. The van der Waals surface area contributed by atoms with Gasteiger partial charge in [-0.25, -0.2) is 4.89 Å². The van der Waals surface area contributed by atoms with E-state index in [1.807, 2.05) is 13.8 Å². The van der Waals surface area contributed by atoms with Gasteiger partial charge in [-0.2, -0.15) is 0 Å². The van der Waals surface area contributed by atoms with Crippen LogP contribution in [0.5, 0.6) is 0 Å². The van der Waals surface area contributed by atoms with Gasteiger partial charge in [0.1, 0.15) is 6.10 Å². The first-order chi connectivity index (χ1) is 5.26. The first-order valence-electron chi connectivity index (χ1n) is 4.24. The number of aliphatic hydroxyl groups excluding tert-OH is 1. The largest absolute Gasteiger partial charge is 0.390 e. The first kappa shape index (κ1) is 10.9. The minimum atomic E-state index is -0.523. The molecular weight excluding hydrogens is 144 g/mol. The summed E-state index contributed by atoms with van der Waals surface area (Å²) < 4.78 is 0. The van der Waals surface area contributed by atoms with Crippen LogP contribution in [0.15, 0.2) is 0 Å². The Labute approximate surface area is 67.9 Å². The Bertz CT molecular complexity index is 85.4. The molecule has 68 valence electrons. The zero-order valence-electron chi connectivity index (χ0n) is 7.29. The van der Waals surface area contributed by atoms with Crippen molar-refractivity contribution in [3.63, 3.8) is 0 Å². The predicted octanol–water partition coefficient (Wildman–Crippen LogP) is 1.81. The van der Waals surface area contributed by atoms with Crippen molar-refractivity contribution in [3.8, 4) is 0 Å². The number of rotatable bonds is 6. The van der Waals surface area contributed by atoms with Crippen molar-refractivity contribution in [2.45, 2.75) is 51.7 Å². The van der Waals surface area contributed by atoms with Gasteiger partial charge in [0.25, 0.3) is 0 Å². The molecule has 0 aliphatic rings. The topological polar surface area (TPSA) is 49.7 Å². The third kappa shape index (κ3) is 4.35. The van der Waals surface area contributed by atoms with Crippen LogP contribution in [0, 0.1) is 0 Å². The van der Waals surface area contributed by atoms with Gasteiger partial charge in [0.05, 0.1) is 6.10 Å². The van der Waals surface area contributed by atoms with Gasteiger partial charge in [0.2, 0.25) is 0 Å². The van der Waals surface area contributed by atoms with E-state index in [1.54, 1.807) is 0 Å². The molecule has 0 aromatic rings. The zero-order chi connectivity index (χ0) is 8.69. The Kier molecular flexibility index (Phi) is 6.51. The van der Waals surface area contributed by atoms with Crippen LogP contribution in [0.2, 0.25) is 0 Å². The van der Waals surface area contributed by atoms with E-state index < -0.39 is 12.2 Å². The van der Waals surface area contributed by atoms with Gasteiger partial charge in [-0.3, -0.25) is 5.26 Å². The van der Waals surface area contributed by atoms with Gasteiger partial charge >= 0.3 is 0 Å². The summed E-state index contributed by atoms with van der Waals surface area (Å²) in [5.41, 5.74) is 0. The molecule has 0 fully saturated rings. The van der Waals surface area contributed by atoms with E-state index >= 15 is 0 Å². The van der Waals surface area contributed by atoms with Crippen LogP contribution in [-0.2, 0) is 4.89 Å². The molecule has 0 radical (unpaired) electrons. The Morgan fingerprint density at radius 3 is 2.09 bits per heavy atom. The van der Waals surface area contributed by atoms with Gasteiger partial charge in [-0.05, 0) is 12.8 Å². The van der Waals surface area contributed by atoms with Crippen molar-refractivity contribution in [1.82, 2.24) is 0 Å². The molecule has 0 bridgehead atoms. The summed E-state index contributed by atoms with van der Waals surface area (Å²) >= 11 is 0. The lowest BCUT2D eigenvalue weighted by Crippen LogP contribution is -2.27. The van der Waals surface area contributed by atoms with Crippen molar-refractivity contribution < 1.29 is 15.3 Å². The smallest absolute Gasteiger partial charge is 0.118 e. The monoisotopic (exact) mass is 162 g/mol. The molecule has 0 heterocycles. The first-order valence-corrected chi connectivity index (χ1v) is 4.24. The summed E-state index contributed by atoms with van der Waals surface area (Å²) in [6, 6.07) is 0. The lowest BCUT2D eigenvalue weighted by Gasteiger charge is -2.18. The van der Waals surface area contributed by atoms with Crippen LogP contribution < -0.4 is 0 Å². The predicted molar refractivity (Wildman–Crippen MR) is 43.3 cm³/mol. The van der Waals surface area contributed by atoms with Crippen molar-refractivity contribution >= 4 is 0 Å². The van der Waals surface area contributed by atoms with E-state index in [4.69, 9.17) is 5.26 Å². The van der Waals surface area contributed by atoms with E-state index in [-0.39, 0.29) is 0 Å². The van der Waals surface area contributed by atoms with Crippen molar-refractivity contribution in [2.24, 2.45) is 0 Å². The van der Waals surface area contributed by atoms with Crippen LogP contribution in [-0.4, -0.2) is 22.6 Å². The van der Waals surface area contributed by atoms with Gasteiger partial charge in [-0.1, -0.05) is 26.7 Å². The SMILES string of the molecule is CCC[C@@H](O)[C@@H](CCC)OO. The fourth-order valence-electron chi connectivity index (χ4n) is 1.08. The van der Waals surface area contributed by atoms with Gasteiger partial charge in [-0.15, -0.1) is 0 Å². The summed E-state index contributed by atoms with van der Waals surface area (Å²) in [6.07, 6.45) is 2.28. The molecule has 11 heavy (non-hydrogen) atoms. The molecule has 0 unspecified atom stereocenters. The summed E-state index contributed by atoms with van der Waals surface area (Å²) in [4.78, 5) is 4.16. The fourth-order valence-corrected chi connectivity index (χ4v) is 1.08. The minimum absolute atomic E-state index is 0.403.